The highest BCUT2D eigenvalue weighted by Gasteiger charge is 2.15. The van der Waals surface area contributed by atoms with Gasteiger partial charge >= 0.3 is 5.69 Å². The summed E-state index contributed by atoms with van der Waals surface area (Å²) < 4.78 is 15.1. The molecule has 0 aromatic carbocycles. The molecular formula is C18H28N4O4. The third-order valence-electron chi connectivity index (χ3n) is 5.05. The van der Waals surface area contributed by atoms with Crippen molar-refractivity contribution in [2.75, 3.05) is 13.4 Å². The zero-order valence-electron chi connectivity index (χ0n) is 15.6. The molecule has 3 heterocycles. The Kier molecular flexibility index (Phi) is 6.26. The van der Waals surface area contributed by atoms with Gasteiger partial charge in [-0.1, -0.05) is 32.1 Å². The highest BCUT2D eigenvalue weighted by molar-refractivity contribution is 5.69. The van der Waals surface area contributed by atoms with E-state index >= 15 is 0 Å². The minimum atomic E-state index is -0.292. The van der Waals surface area contributed by atoms with E-state index in [0.29, 0.717) is 24.5 Å². The third kappa shape index (κ3) is 4.07. The first-order valence-electron chi connectivity index (χ1n) is 9.40. The van der Waals surface area contributed by atoms with Crippen molar-refractivity contribution in [2.24, 2.45) is 14.1 Å². The molecule has 0 bridgehead atoms. The van der Waals surface area contributed by atoms with Crippen molar-refractivity contribution in [3.05, 3.63) is 27.2 Å². The van der Waals surface area contributed by atoms with Crippen LogP contribution in [0.25, 0.3) is 11.2 Å². The van der Waals surface area contributed by atoms with E-state index < -0.39 is 0 Å². The van der Waals surface area contributed by atoms with Gasteiger partial charge in [-0.3, -0.25) is 13.9 Å². The predicted octanol–water partition coefficient (Wildman–Crippen LogP) is 1.54. The number of fused-ring (bicyclic) bond motifs is 1. The van der Waals surface area contributed by atoms with Gasteiger partial charge in [0.25, 0.3) is 5.56 Å². The molecule has 2 aromatic heterocycles. The molecule has 1 aliphatic heterocycles. The molecule has 1 saturated heterocycles. The number of rotatable bonds is 9. The van der Waals surface area contributed by atoms with Crippen LogP contribution in [0.3, 0.4) is 0 Å². The Morgan fingerprint density at radius 1 is 1.12 bits per heavy atom. The minimum absolute atomic E-state index is 0.248. The van der Waals surface area contributed by atoms with Gasteiger partial charge in [0.1, 0.15) is 6.79 Å². The van der Waals surface area contributed by atoms with Crippen LogP contribution in [0.1, 0.15) is 44.9 Å². The molecule has 1 fully saturated rings. The number of unbranched alkanes of at least 4 members (excludes halogenated alkanes) is 5. The maximum absolute atomic E-state index is 12.6. The highest BCUT2D eigenvalue weighted by atomic mass is 16.7. The minimum Gasteiger partial charge on any atom is -0.353 e. The molecule has 3 rings (SSSR count). The number of hydrogen-bond acceptors (Lipinski definition) is 5. The van der Waals surface area contributed by atoms with Gasteiger partial charge in [0.05, 0.1) is 19.0 Å². The predicted molar refractivity (Wildman–Crippen MR) is 98.2 cm³/mol. The molecule has 1 atom stereocenters. The van der Waals surface area contributed by atoms with Crippen LogP contribution in [0.15, 0.2) is 15.9 Å². The van der Waals surface area contributed by atoms with Crippen LogP contribution in [-0.4, -0.2) is 38.2 Å². The van der Waals surface area contributed by atoms with Gasteiger partial charge in [-0.2, -0.15) is 0 Å². The lowest BCUT2D eigenvalue weighted by atomic mass is 10.1. The van der Waals surface area contributed by atoms with Crippen molar-refractivity contribution >= 4 is 11.2 Å². The fourth-order valence-corrected chi connectivity index (χ4v) is 3.48. The summed E-state index contributed by atoms with van der Waals surface area (Å²) in [6.45, 7) is 1.62. The first-order chi connectivity index (χ1) is 12.6. The third-order valence-corrected chi connectivity index (χ3v) is 5.05. The summed E-state index contributed by atoms with van der Waals surface area (Å²) in [5.74, 6) is 0. The molecule has 0 N–H and O–H groups in total. The van der Waals surface area contributed by atoms with Gasteiger partial charge in [0.15, 0.2) is 11.2 Å². The van der Waals surface area contributed by atoms with Crippen LogP contribution in [0.5, 0.6) is 0 Å². The number of hydrogen-bond donors (Lipinski definition) is 0. The topological polar surface area (TPSA) is 80.3 Å². The molecule has 2 aromatic rings. The largest absolute Gasteiger partial charge is 0.353 e. The van der Waals surface area contributed by atoms with Gasteiger partial charge in [-0.25, -0.2) is 9.78 Å². The zero-order chi connectivity index (χ0) is 18.5. The molecule has 8 nitrogen and oxygen atoms in total. The summed E-state index contributed by atoms with van der Waals surface area (Å²) in [6, 6.07) is 0. The highest BCUT2D eigenvalue weighted by Crippen LogP contribution is 2.14. The molecule has 144 valence electrons. The normalized spacial score (nSPS) is 17.4. The quantitative estimate of drug-likeness (QED) is 0.631. The Labute approximate surface area is 152 Å². The Bertz CT molecular complexity index is 845. The summed E-state index contributed by atoms with van der Waals surface area (Å²) in [5.41, 5.74) is 0.377. The van der Waals surface area contributed by atoms with Gasteiger partial charge in [0.2, 0.25) is 0 Å². The maximum Gasteiger partial charge on any atom is 0.332 e. The maximum atomic E-state index is 12.6. The van der Waals surface area contributed by atoms with Gasteiger partial charge in [-0.05, 0) is 12.8 Å². The van der Waals surface area contributed by atoms with Gasteiger partial charge in [-0.15, -0.1) is 0 Å². The van der Waals surface area contributed by atoms with E-state index in [1.54, 1.807) is 25.0 Å². The number of aryl methyl sites for hydroxylation is 2. The summed E-state index contributed by atoms with van der Waals surface area (Å²) in [6.07, 6.45) is 9.38. The van der Waals surface area contributed by atoms with E-state index in [1.807, 2.05) is 0 Å². The number of imidazole rings is 1. The molecule has 0 amide bonds. The van der Waals surface area contributed by atoms with Crippen LogP contribution in [0.4, 0.5) is 0 Å². The molecule has 8 heteroatoms. The van der Waals surface area contributed by atoms with Crippen molar-refractivity contribution in [1.29, 1.82) is 0 Å². The molecule has 1 unspecified atom stereocenters. The Morgan fingerprint density at radius 3 is 2.58 bits per heavy atom. The number of aromatic nitrogens is 4. The lowest BCUT2D eigenvalue weighted by Gasteiger charge is -2.09. The Morgan fingerprint density at radius 2 is 1.85 bits per heavy atom. The molecule has 0 spiro atoms. The summed E-state index contributed by atoms with van der Waals surface area (Å²) in [4.78, 5) is 29.1. The van der Waals surface area contributed by atoms with Crippen molar-refractivity contribution < 1.29 is 9.47 Å². The molecule has 0 aliphatic carbocycles. The molecule has 1 aliphatic rings. The Hall–Kier alpha value is -1.93. The van der Waals surface area contributed by atoms with E-state index in [9.17, 15) is 9.59 Å². The first-order valence-corrected chi connectivity index (χ1v) is 9.40. The van der Waals surface area contributed by atoms with E-state index in [4.69, 9.17) is 9.47 Å². The lowest BCUT2D eigenvalue weighted by molar-refractivity contribution is 0.0440. The average Bonchev–Trinajstić information content (AvgIpc) is 3.27. The molecule has 0 saturated carbocycles. The van der Waals surface area contributed by atoms with Gasteiger partial charge in [0, 0.05) is 20.6 Å². The van der Waals surface area contributed by atoms with Crippen molar-refractivity contribution in [3.8, 4) is 0 Å². The van der Waals surface area contributed by atoms with Crippen molar-refractivity contribution in [1.82, 2.24) is 18.7 Å². The van der Waals surface area contributed by atoms with Crippen LogP contribution in [0.2, 0.25) is 0 Å². The van der Waals surface area contributed by atoms with Crippen LogP contribution < -0.4 is 11.2 Å². The smallest absolute Gasteiger partial charge is 0.332 e. The second kappa shape index (κ2) is 8.64. The summed E-state index contributed by atoms with van der Waals surface area (Å²) in [5, 5.41) is 0. The second-order valence-corrected chi connectivity index (χ2v) is 7.01. The van der Waals surface area contributed by atoms with Crippen molar-refractivity contribution in [3.63, 3.8) is 0 Å². The fourth-order valence-electron chi connectivity index (χ4n) is 3.48. The van der Waals surface area contributed by atoms with Crippen LogP contribution in [0, 0.1) is 0 Å². The van der Waals surface area contributed by atoms with E-state index in [0.717, 1.165) is 38.7 Å². The van der Waals surface area contributed by atoms with Crippen LogP contribution >= 0.6 is 0 Å². The standard InChI is InChI=1S/C18H28N4O4/c1-20-12-19-16-15(20)17(23)22(18(24)21(16)2)10-8-6-4-3-5-7-9-14-11-25-13-26-14/h12,14H,3-11,13H2,1-2H3. The molecule has 0 radical (unpaired) electrons. The summed E-state index contributed by atoms with van der Waals surface area (Å²) >= 11 is 0. The fraction of sp³-hybridized carbons (Fsp3) is 0.722. The first kappa shape index (κ1) is 18.8. The van der Waals surface area contributed by atoms with E-state index in [-0.39, 0.29) is 17.4 Å². The lowest BCUT2D eigenvalue weighted by Crippen LogP contribution is -2.39. The molecule has 26 heavy (non-hydrogen) atoms. The number of ether oxygens (including phenoxy) is 2. The SMILES string of the molecule is Cn1cnc2c1c(=O)n(CCCCCCCCC1COCO1)c(=O)n2C. The monoisotopic (exact) mass is 364 g/mol. The summed E-state index contributed by atoms with van der Waals surface area (Å²) in [7, 11) is 3.43. The average molecular weight is 364 g/mol. The van der Waals surface area contributed by atoms with Crippen molar-refractivity contribution in [2.45, 2.75) is 57.6 Å². The van der Waals surface area contributed by atoms with E-state index in [1.165, 1.54) is 22.0 Å². The van der Waals surface area contributed by atoms with E-state index in [2.05, 4.69) is 4.98 Å². The second-order valence-electron chi connectivity index (χ2n) is 7.01. The number of nitrogens with zero attached hydrogens (tertiary/aromatic N) is 4. The van der Waals surface area contributed by atoms with Crippen LogP contribution in [-0.2, 0) is 30.1 Å². The van der Waals surface area contributed by atoms with Gasteiger partial charge < -0.3 is 14.0 Å². The zero-order valence-corrected chi connectivity index (χ0v) is 15.6. The molecular weight excluding hydrogens is 336 g/mol. The Balaban J connectivity index is 1.44.